The normalized spacial score (nSPS) is 16.7. The summed E-state index contributed by atoms with van der Waals surface area (Å²) in [5, 5.41) is 7.05. The molecule has 0 aliphatic carbocycles. The summed E-state index contributed by atoms with van der Waals surface area (Å²) in [6, 6.07) is 1.71. The number of nitrogens with one attached hydrogen (secondary N) is 2. The van der Waals surface area contributed by atoms with E-state index < -0.39 is 0 Å². The number of rotatable bonds is 10. The Kier molecular flexibility index (Phi) is 14.4. The lowest BCUT2D eigenvalue weighted by Gasteiger charge is -2.33. The molecule has 1 heterocycles. The molecule has 160 valence electrons. The minimum absolute atomic E-state index is 0. The van der Waals surface area contributed by atoms with Crippen molar-refractivity contribution < 1.29 is 0 Å². The summed E-state index contributed by atoms with van der Waals surface area (Å²) in [7, 11) is 0. The first-order valence-electron chi connectivity index (χ1n) is 10.5. The van der Waals surface area contributed by atoms with Gasteiger partial charge in [0.2, 0.25) is 0 Å². The van der Waals surface area contributed by atoms with Crippen LogP contribution < -0.4 is 10.6 Å². The van der Waals surface area contributed by atoms with E-state index in [1.54, 1.807) is 0 Å². The summed E-state index contributed by atoms with van der Waals surface area (Å²) in [6.45, 7) is 23.6. The summed E-state index contributed by atoms with van der Waals surface area (Å²) in [5.41, 5.74) is 1.25. The monoisotopic (exact) mass is 493 g/mol. The molecular weight excluding hydrogens is 449 g/mol. The summed E-state index contributed by atoms with van der Waals surface area (Å²) in [4.78, 5) is 9.84. The highest BCUT2D eigenvalue weighted by Crippen LogP contribution is 2.11. The highest BCUT2D eigenvalue weighted by molar-refractivity contribution is 14.0. The molecule has 1 fully saturated rings. The van der Waals surface area contributed by atoms with Crippen molar-refractivity contribution in [2.45, 2.75) is 78.9 Å². The Morgan fingerprint density at radius 2 is 1.78 bits per heavy atom. The van der Waals surface area contributed by atoms with Crippen molar-refractivity contribution in [3.8, 4) is 0 Å². The third kappa shape index (κ3) is 11.3. The number of hydrogen-bond donors (Lipinski definition) is 2. The number of nitrogens with zero attached hydrogens (tertiary/aromatic N) is 3. The van der Waals surface area contributed by atoms with Crippen molar-refractivity contribution in [1.29, 1.82) is 0 Å². The summed E-state index contributed by atoms with van der Waals surface area (Å²) < 4.78 is 0. The van der Waals surface area contributed by atoms with Gasteiger partial charge in [-0.3, -0.25) is 14.8 Å². The molecule has 0 aromatic carbocycles. The molecule has 0 amide bonds. The van der Waals surface area contributed by atoms with Gasteiger partial charge in [0.1, 0.15) is 0 Å². The zero-order valence-electron chi connectivity index (χ0n) is 18.6. The number of likely N-dealkylation sites (tertiary alicyclic amines) is 1. The maximum absolute atomic E-state index is 4.81. The smallest absolute Gasteiger partial charge is 0.191 e. The van der Waals surface area contributed by atoms with E-state index in [9.17, 15) is 0 Å². The van der Waals surface area contributed by atoms with E-state index in [1.165, 1.54) is 18.4 Å². The van der Waals surface area contributed by atoms with Gasteiger partial charge in [0.15, 0.2) is 5.96 Å². The molecule has 0 spiro atoms. The molecule has 1 rings (SSSR count). The second kappa shape index (κ2) is 14.6. The van der Waals surface area contributed by atoms with Crippen molar-refractivity contribution in [3.63, 3.8) is 0 Å². The topological polar surface area (TPSA) is 42.9 Å². The van der Waals surface area contributed by atoms with Gasteiger partial charge >= 0.3 is 0 Å². The lowest BCUT2D eigenvalue weighted by Crippen LogP contribution is -2.49. The van der Waals surface area contributed by atoms with E-state index in [0.29, 0.717) is 18.1 Å². The fraction of sp³-hybridized carbons (Fsp3) is 0.857. The molecule has 1 saturated heterocycles. The second-order valence-electron chi connectivity index (χ2n) is 8.19. The molecule has 27 heavy (non-hydrogen) atoms. The van der Waals surface area contributed by atoms with Crippen molar-refractivity contribution in [2.75, 3.05) is 39.3 Å². The molecule has 5 nitrogen and oxygen atoms in total. The molecule has 0 aromatic rings. The van der Waals surface area contributed by atoms with Crippen LogP contribution in [0.15, 0.2) is 17.1 Å². The van der Waals surface area contributed by atoms with Crippen LogP contribution in [-0.2, 0) is 0 Å². The van der Waals surface area contributed by atoms with Gasteiger partial charge in [-0.15, -0.1) is 24.0 Å². The van der Waals surface area contributed by atoms with Crippen LogP contribution in [0.4, 0.5) is 0 Å². The highest BCUT2D eigenvalue weighted by Gasteiger charge is 2.19. The van der Waals surface area contributed by atoms with Gasteiger partial charge in [-0.25, -0.2) is 0 Å². The van der Waals surface area contributed by atoms with Gasteiger partial charge < -0.3 is 10.6 Å². The standard InChI is InChI=1S/C21H43N5.HI/c1-8-22-21(23-12-9-13-26(18(4)5)19(6)7)24-20-10-14-25(15-11-20)16-17(2)3;/h18-20H,2,8-16H2,1,3-7H3,(H2,22,23,24);1H. The molecule has 1 aliphatic heterocycles. The molecule has 0 unspecified atom stereocenters. The highest BCUT2D eigenvalue weighted by atomic mass is 127. The quantitative estimate of drug-likeness (QED) is 0.160. The van der Waals surface area contributed by atoms with Crippen LogP contribution in [0.25, 0.3) is 0 Å². The largest absolute Gasteiger partial charge is 0.357 e. The Labute approximate surface area is 185 Å². The van der Waals surface area contributed by atoms with Crippen molar-refractivity contribution in [2.24, 2.45) is 4.99 Å². The van der Waals surface area contributed by atoms with Gasteiger partial charge in [0, 0.05) is 57.4 Å². The van der Waals surface area contributed by atoms with Gasteiger partial charge in [0.05, 0.1) is 0 Å². The molecule has 0 atom stereocenters. The van der Waals surface area contributed by atoms with Crippen LogP contribution in [0.5, 0.6) is 0 Å². The third-order valence-electron chi connectivity index (χ3n) is 4.94. The molecule has 0 saturated carbocycles. The average Bonchev–Trinajstić information content (AvgIpc) is 2.55. The lowest BCUT2D eigenvalue weighted by atomic mass is 10.0. The number of piperidine rings is 1. The maximum atomic E-state index is 4.81. The number of guanidine groups is 1. The average molecular weight is 494 g/mol. The predicted molar refractivity (Wildman–Crippen MR) is 130 cm³/mol. The van der Waals surface area contributed by atoms with E-state index in [4.69, 9.17) is 4.99 Å². The summed E-state index contributed by atoms with van der Waals surface area (Å²) in [6.07, 6.45) is 3.45. The van der Waals surface area contributed by atoms with Crippen LogP contribution in [0.1, 0.15) is 60.8 Å². The van der Waals surface area contributed by atoms with Crippen LogP contribution in [0, 0.1) is 0 Å². The van der Waals surface area contributed by atoms with E-state index in [-0.39, 0.29) is 24.0 Å². The Morgan fingerprint density at radius 1 is 1.19 bits per heavy atom. The second-order valence-corrected chi connectivity index (χ2v) is 8.19. The molecule has 6 heteroatoms. The SMILES string of the molecule is C=C(C)CN1CCC(NC(=NCCCN(C(C)C)C(C)C)NCC)CC1.I. The van der Waals surface area contributed by atoms with E-state index in [0.717, 1.165) is 51.6 Å². The van der Waals surface area contributed by atoms with Crippen molar-refractivity contribution in [3.05, 3.63) is 12.2 Å². The first-order chi connectivity index (χ1) is 12.3. The van der Waals surface area contributed by atoms with Gasteiger partial charge in [-0.2, -0.15) is 0 Å². The molecule has 0 aromatic heterocycles. The zero-order chi connectivity index (χ0) is 19.5. The zero-order valence-corrected chi connectivity index (χ0v) is 20.9. The Balaban J connectivity index is 0.00000676. The van der Waals surface area contributed by atoms with Crippen LogP contribution in [0.3, 0.4) is 0 Å². The molecule has 0 radical (unpaired) electrons. The maximum Gasteiger partial charge on any atom is 0.191 e. The predicted octanol–water partition coefficient (Wildman–Crippen LogP) is 3.71. The Hall–Kier alpha value is -0.340. The van der Waals surface area contributed by atoms with Crippen molar-refractivity contribution >= 4 is 29.9 Å². The van der Waals surface area contributed by atoms with E-state index in [1.807, 2.05) is 0 Å². The molecule has 0 bridgehead atoms. The number of halogens is 1. The molecule has 2 N–H and O–H groups in total. The van der Waals surface area contributed by atoms with Gasteiger partial charge in [-0.05, 0) is 60.8 Å². The third-order valence-corrected chi connectivity index (χ3v) is 4.94. The Bertz CT molecular complexity index is 420. The van der Waals surface area contributed by atoms with Crippen molar-refractivity contribution in [1.82, 2.24) is 20.4 Å². The fourth-order valence-corrected chi connectivity index (χ4v) is 3.69. The van der Waals surface area contributed by atoms with Gasteiger partial charge in [-0.1, -0.05) is 12.2 Å². The lowest BCUT2D eigenvalue weighted by molar-refractivity contribution is 0.174. The first kappa shape index (κ1) is 26.7. The molecular formula is C21H44IN5. The van der Waals surface area contributed by atoms with Gasteiger partial charge in [0.25, 0.3) is 0 Å². The molecule has 1 aliphatic rings. The van der Waals surface area contributed by atoms with Crippen LogP contribution in [-0.4, -0.2) is 73.2 Å². The first-order valence-corrected chi connectivity index (χ1v) is 10.5. The minimum atomic E-state index is 0. The van der Waals surface area contributed by atoms with Crippen LogP contribution >= 0.6 is 24.0 Å². The number of hydrogen-bond acceptors (Lipinski definition) is 3. The van der Waals surface area contributed by atoms with E-state index >= 15 is 0 Å². The van der Waals surface area contributed by atoms with Crippen LogP contribution in [0.2, 0.25) is 0 Å². The Morgan fingerprint density at radius 3 is 2.26 bits per heavy atom. The fourth-order valence-electron chi connectivity index (χ4n) is 3.69. The summed E-state index contributed by atoms with van der Waals surface area (Å²) in [5.74, 6) is 0.978. The summed E-state index contributed by atoms with van der Waals surface area (Å²) >= 11 is 0. The van der Waals surface area contributed by atoms with E-state index in [2.05, 4.69) is 68.6 Å². The number of aliphatic imine (C=N–C) groups is 1. The minimum Gasteiger partial charge on any atom is -0.357 e.